The number of rotatable bonds is 6. The van der Waals surface area contributed by atoms with Gasteiger partial charge in [-0.3, -0.25) is 4.79 Å². The Kier molecular flexibility index (Phi) is 5.36. The molecule has 106 valence electrons. The summed E-state index contributed by atoms with van der Waals surface area (Å²) in [5.41, 5.74) is 1.22. The molecule has 0 unspecified atom stereocenters. The molecular formula is C15H23NO3. The van der Waals surface area contributed by atoms with Crippen molar-refractivity contribution in [3.8, 4) is 5.75 Å². The number of aromatic hydroxyl groups is 1. The molecule has 0 aliphatic heterocycles. The maximum absolute atomic E-state index is 12.0. The van der Waals surface area contributed by atoms with Gasteiger partial charge in [0.1, 0.15) is 5.75 Å². The number of aryl methyl sites for hydroxylation is 1. The second-order valence-electron chi connectivity index (χ2n) is 5.59. The Labute approximate surface area is 114 Å². The van der Waals surface area contributed by atoms with Crippen LogP contribution in [0.3, 0.4) is 0 Å². The van der Waals surface area contributed by atoms with Gasteiger partial charge in [-0.15, -0.1) is 0 Å². The highest BCUT2D eigenvalue weighted by molar-refractivity contribution is 5.94. The average molecular weight is 265 g/mol. The molecule has 1 aromatic carbocycles. The zero-order valence-corrected chi connectivity index (χ0v) is 12.1. The molecule has 4 heteroatoms. The van der Waals surface area contributed by atoms with Crippen molar-refractivity contribution in [1.82, 2.24) is 5.32 Å². The number of benzene rings is 1. The molecule has 0 atom stereocenters. The van der Waals surface area contributed by atoms with Crippen LogP contribution >= 0.6 is 0 Å². The van der Waals surface area contributed by atoms with Gasteiger partial charge in [0.2, 0.25) is 0 Å². The standard InChI is InChI=1S/C15H23NO3/c1-11-5-6-12(9-13(11)17)14(18)16-10-15(2,3)7-8-19-4/h5-6,9,17H,7-8,10H2,1-4H3,(H,16,18). The van der Waals surface area contributed by atoms with Crippen LogP contribution in [0.4, 0.5) is 0 Å². The lowest BCUT2D eigenvalue weighted by Crippen LogP contribution is -2.34. The number of ether oxygens (including phenoxy) is 1. The highest BCUT2D eigenvalue weighted by Gasteiger charge is 2.19. The quantitative estimate of drug-likeness (QED) is 0.831. The molecule has 2 N–H and O–H groups in total. The molecule has 0 aromatic heterocycles. The molecule has 0 aliphatic rings. The normalized spacial score (nSPS) is 11.4. The zero-order valence-electron chi connectivity index (χ0n) is 12.1. The first-order valence-corrected chi connectivity index (χ1v) is 6.42. The lowest BCUT2D eigenvalue weighted by Gasteiger charge is -2.24. The SMILES string of the molecule is COCCC(C)(C)CNC(=O)c1ccc(C)c(O)c1. The lowest BCUT2D eigenvalue weighted by atomic mass is 9.89. The molecule has 0 aliphatic carbocycles. The van der Waals surface area contributed by atoms with Gasteiger partial charge in [-0.2, -0.15) is 0 Å². The van der Waals surface area contributed by atoms with Crippen LogP contribution in [-0.4, -0.2) is 31.3 Å². The number of amides is 1. The van der Waals surface area contributed by atoms with Crippen LogP contribution in [0, 0.1) is 12.3 Å². The summed E-state index contributed by atoms with van der Waals surface area (Å²) in [5, 5.41) is 12.5. The molecular weight excluding hydrogens is 242 g/mol. The number of phenols is 1. The summed E-state index contributed by atoms with van der Waals surface area (Å²) in [7, 11) is 1.67. The van der Waals surface area contributed by atoms with E-state index in [9.17, 15) is 9.90 Å². The van der Waals surface area contributed by atoms with Crippen molar-refractivity contribution in [1.29, 1.82) is 0 Å². The van der Waals surface area contributed by atoms with Crippen LogP contribution in [-0.2, 0) is 4.74 Å². The molecule has 0 bridgehead atoms. The molecule has 1 amide bonds. The first-order valence-electron chi connectivity index (χ1n) is 6.42. The van der Waals surface area contributed by atoms with Crippen molar-refractivity contribution in [3.63, 3.8) is 0 Å². The summed E-state index contributed by atoms with van der Waals surface area (Å²) in [6.45, 7) is 7.21. The van der Waals surface area contributed by atoms with E-state index in [0.717, 1.165) is 12.0 Å². The Hall–Kier alpha value is -1.55. The minimum atomic E-state index is -0.166. The number of phenolic OH excluding ortho intramolecular Hbond substituents is 1. The van der Waals surface area contributed by atoms with Crippen molar-refractivity contribution in [2.75, 3.05) is 20.3 Å². The van der Waals surface area contributed by atoms with Gasteiger partial charge < -0.3 is 15.2 Å². The molecule has 0 saturated heterocycles. The monoisotopic (exact) mass is 265 g/mol. The Morgan fingerprint density at radius 2 is 2.11 bits per heavy atom. The number of hydrogen-bond acceptors (Lipinski definition) is 3. The van der Waals surface area contributed by atoms with Crippen LogP contribution in [0.1, 0.15) is 36.2 Å². The van der Waals surface area contributed by atoms with E-state index < -0.39 is 0 Å². The summed E-state index contributed by atoms with van der Waals surface area (Å²) in [6.07, 6.45) is 0.878. The lowest BCUT2D eigenvalue weighted by molar-refractivity contribution is 0.0920. The summed E-state index contributed by atoms with van der Waals surface area (Å²) in [5.74, 6) is -0.0212. The smallest absolute Gasteiger partial charge is 0.251 e. The third kappa shape index (κ3) is 4.91. The van der Waals surface area contributed by atoms with Crippen molar-refractivity contribution < 1.29 is 14.6 Å². The number of methoxy groups -OCH3 is 1. The van der Waals surface area contributed by atoms with Crippen molar-refractivity contribution in [3.05, 3.63) is 29.3 Å². The summed E-state index contributed by atoms with van der Waals surface area (Å²) in [6, 6.07) is 4.94. The number of hydrogen-bond donors (Lipinski definition) is 2. The second-order valence-corrected chi connectivity index (χ2v) is 5.59. The molecule has 0 spiro atoms. The van der Waals surface area contributed by atoms with Gasteiger partial charge in [0, 0.05) is 25.8 Å². The second kappa shape index (κ2) is 6.57. The number of carbonyl (C=O) groups is 1. The van der Waals surface area contributed by atoms with E-state index in [2.05, 4.69) is 19.2 Å². The molecule has 0 saturated carbocycles. The fourth-order valence-electron chi connectivity index (χ4n) is 1.64. The average Bonchev–Trinajstić information content (AvgIpc) is 2.37. The molecule has 1 rings (SSSR count). The van der Waals surface area contributed by atoms with E-state index in [1.165, 1.54) is 6.07 Å². The largest absolute Gasteiger partial charge is 0.508 e. The minimum Gasteiger partial charge on any atom is -0.508 e. The first kappa shape index (κ1) is 15.5. The summed E-state index contributed by atoms with van der Waals surface area (Å²) < 4.78 is 5.05. The minimum absolute atomic E-state index is 0.0155. The Balaban J connectivity index is 2.57. The van der Waals surface area contributed by atoms with E-state index in [1.807, 2.05) is 0 Å². The van der Waals surface area contributed by atoms with Crippen molar-refractivity contribution in [2.45, 2.75) is 27.2 Å². The van der Waals surface area contributed by atoms with Gasteiger partial charge >= 0.3 is 0 Å². The van der Waals surface area contributed by atoms with Gasteiger partial charge in [0.15, 0.2) is 0 Å². The van der Waals surface area contributed by atoms with Gasteiger partial charge in [-0.25, -0.2) is 0 Å². The Bertz CT molecular complexity index is 441. The predicted molar refractivity (Wildman–Crippen MR) is 75.5 cm³/mol. The van der Waals surface area contributed by atoms with Crippen LogP contribution in [0.2, 0.25) is 0 Å². The summed E-state index contributed by atoms with van der Waals surface area (Å²) in [4.78, 5) is 12.0. The molecule has 0 fully saturated rings. The van der Waals surface area contributed by atoms with Crippen LogP contribution in [0.5, 0.6) is 5.75 Å². The topological polar surface area (TPSA) is 58.6 Å². The predicted octanol–water partition coefficient (Wildman–Crippen LogP) is 2.49. The third-order valence-corrected chi connectivity index (χ3v) is 3.18. The number of carbonyl (C=O) groups excluding carboxylic acids is 1. The van der Waals surface area contributed by atoms with Crippen molar-refractivity contribution in [2.24, 2.45) is 5.41 Å². The molecule has 0 radical (unpaired) electrons. The first-order chi connectivity index (χ1) is 8.85. The van der Waals surface area contributed by atoms with Gasteiger partial charge in [0.25, 0.3) is 5.91 Å². The highest BCUT2D eigenvalue weighted by Crippen LogP contribution is 2.20. The number of nitrogens with one attached hydrogen (secondary N) is 1. The third-order valence-electron chi connectivity index (χ3n) is 3.18. The maximum atomic E-state index is 12.0. The molecule has 19 heavy (non-hydrogen) atoms. The molecule has 1 aromatic rings. The van der Waals surface area contributed by atoms with E-state index in [1.54, 1.807) is 26.2 Å². The van der Waals surface area contributed by atoms with Crippen LogP contribution in [0.15, 0.2) is 18.2 Å². The Morgan fingerprint density at radius 3 is 2.68 bits per heavy atom. The van der Waals surface area contributed by atoms with E-state index in [-0.39, 0.29) is 17.1 Å². The Morgan fingerprint density at radius 1 is 1.42 bits per heavy atom. The summed E-state index contributed by atoms with van der Waals surface area (Å²) >= 11 is 0. The van der Waals surface area contributed by atoms with Crippen LogP contribution in [0.25, 0.3) is 0 Å². The zero-order chi connectivity index (χ0) is 14.5. The van der Waals surface area contributed by atoms with E-state index in [4.69, 9.17) is 4.74 Å². The van der Waals surface area contributed by atoms with Gasteiger partial charge in [-0.05, 0) is 36.5 Å². The van der Waals surface area contributed by atoms with Gasteiger partial charge in [0.05, 0.1) is 0 Å². The van der Waals surface area contributed by atoms with Crippen LogP contribution < -0.4 is 5.32 Å². The maximum Gasteiger partial charge on any atom is 0.251 e. The molecule has 4 nitrogen and oxygen atoms in total. The van der Waals surface area contributed by atoms with E-state index >= 15 is 0 Å². The molecule has 0 heterocycles. The fourth-order valence-corrected chi connectivity index (χ4v) is 1.64. The van der Waals surface area contributed by atoms with Crippen molar-refractivity contribution >= 4 is 5.91 Å². The highest BCUT2D eigenvalue weighted by atomic mass is 16.5. The fraction of sp³-hybridized carbons (Fsp3) is 0.533. The van der Waals surface area contributed by atoms with Gasteiger partial charge in [-0.1, -0.05) is 19.9 Å². The van der Waals surface area contributed by atoms with E-state index in [0.29, 0.717) is 18.7 Å².